The third-order valence-corrected chi connectivity index (χ3v) is 4.67. The van der Waals surface area contributed by atoms with E-state index in [-0.39, 0.29) is 11.9 Å². The number of ether oxygens (including phenoxy) is 3. The first-order valence-corrected chi connectivity index (χ1v) is 9.19. The van der Waals surface area contributed by atoms with Crippen molar-refractivity contribution in [3.63, 3.8) is 0 Å². The van der Waals surface area contributed by atoms with Crippen LogP contribution in [0, 0.1) is 0 Å². The fraction of sp³-hybridized carbons (Fsp3) is 0.261. The van der Waals surface area contributed by atoms with Crippen molar-refractivity contribution in [2.24, 2.45) is 0 Å². The Morgan fingerprint density at radius 1 is 0.857 bits per heavy atom. The second-order valence-electron chi connectivity index (χ2n) is 6.61. The van der Waals surface area contributed by atoms with Crippen LogP contribution in [0.15, 0.2) is 60.7 Å². The van der Waals surface area contributed by atoms with Crippen molar-refractivity contribution in [1.29, 1.82) is 0 Å². The highest BCUT2D eigenvalue weighted by Gasteiger charge is 2.19. The maximum absolute atomic E-state index is 12.6. The number of rotatable bonds is 7. The van der Waals surface area contributed by atoms with E-state index in [1.54, 1.807) is 21.1 Å². The van der Waals surface area contributed by atoms with Crippen molar-refractivity contribution in [3.8, 4) is 17.2 Å². The number of fused-ring (bicyclic) bond motifs is 1. The Kier molecular flexibility index (Phi) is 6.04. The lowest BCUT2D eigenvalue weighted by Gasteiger charge is -2.20. The molecule has 0 radical (unpaired) electrons. The Morgan fingerprint density at radius 3 is 2.29 bits per heavy atom. The lowest BCUT2D eigenvalue weighted by atomic mass is 10.1. The molecular weight excluding hydrogens is 354 g/mol. The second kappa shape index (κ2) is 8.65. The molecule has 0 saturated carbocycles. The summed E-state index contributed by atoms with van der Waals surface area (Å²) in [5.41, 5.74) is 0.920. The summed E-state index contributed by atoms with van der Waals surface area (Å²) in [5, 5.41) is 5.19. The summed E-state index contributed by atoms with van der Waals surface area (Å²) < 4.78 is 16.4. The van der Waals surface area contributed by atoms with E-state index in [9.17, 15) is 4.79 Å². The van der Waals surface area contributed by atoms with Gasteiger partial charge in [0.2, 0.25) is 0 Å². The van der Waals surface area contributed by atoms with Gasteiger partial charge in [-0.1, -0.05) is 36.4 Å². The summed E-state index contributed by atoms with van der Waals surface area (Å²) in [7, 11) is 3.18. The molecule has 3 aromatic rings. The van der Waals surface area contributed by atoms with Crippen molar-refractivity contribution in [2.75, 3.05) is 14.2 Å². The van der Waals surface area contributed by atoms with Gasteiger partial charge in [0, 0.05) is 0 Å². The van der Waals surface area contributed by atoms with Crippen LogP contribution in [-0.4, -0.2) is 26.2 Å². The predicted octanol–water partition coefficient (Wildman–Crippen LogP) is 4.50. The highest BCUT2D eigenvalue weighted by Crippen LogP contribution is 2.30. The topological polar surface area (TPSA) is 56.8 Å². The van der Waals surface area contributed by atoms with Gasteiger partial charge in [0.05, 0.1) is 20.3 Å². The first-order chi connectivity index (χ1) is 13.5. The van der Waals surface area contributed by atoms with E-state index in [4.69, 9.17) is 14.2 Å². The third-order valence-electron chi connectivity index (χ3n) is 4.67. The monoisotopic (exact) mass is 379 g/mol. The number of amides is 1. The summed E-state index contributed by atoms with van der Waals surface area (Å²) in [4.78, 5) is 12.6. The van der Waals surface area contributed by atoms with E-state index in [1.807, 2.05) is 67.6 Å². The zero-order valence-electron chi connectivity index (χ0n) is 16.6. The number of carbonyl (C=O) groups excluding carboxylic acids is 1. The van der Waals surface area contributed by atoms with Crippen LogP contribution in [-0.2, 0) is 4.79 Å². The molecule has 0 aromatic heterocycles. The van der Waals surface area contributed by atoms with Crippen molar-refractivity contribution in [3.05, 3.63) is 66.2 Å². The van der Waals surface area contributed by atoms with Crippen LogP contribution in [0.25, 0.3) is 10.8 Å². The van der Waals surface area contributed by atoms with Gasteiger partial charge in [0.25, 0.3) is 5.91 Å². The third kappa shape index (κ3) is 4.36. The molecule has 5 heteroatoms. The van der Waals surface area contributed by atoms with Crippen LogP contribution < -0.4 is 19.5 Å². The van der Waals surface area contributed by atoms with Gasteiger partial charge in [-0.05, 0) is 54.4 Å². The molecule has 146 valence electrons. The normalized spacial score (nSPS) is 12.9. The van der Waals surface area contributed by atoms with Gasteiger partial charge in [-0.2, -0.15) is 0 Å². The molecule has 0 aliphatic rings. The second-order valence-corrected chi connectivity index (χ2v) is 6.61. The summed E-state index contributed by atoms with van der Waals surface area (Å²) in [5.74, 6) is 1.76. The van der Waals surface area contributed by atoms with Crippen molar-refractivity contribution >= 4 is 16.7 Å². The molecule has 0 bridgehead atoms. The number of carbonyl (C=O) groups is 1. The van der Waals surface area contributed by atoms with E-state index in [0.29, 0.717) is 17.2 Å². The van der Waals surface area contributed by atoms with Gasteiger partial charge in [0.1, 0.15) is 5.75 Å². The minimum Gasteiger partial charge on any atom is -0.493 e. The van der Waals surface area contributed by atoms with Crippen LogP contribution in [0.3, 0.4) is 0 Å². The van der Waals surface area contributed by atoms with Gasteiger partial charge in [-0.3, -0.25) is 4.79 Å². The molecule has 0 aliphatic carbocycles. The zero-order chi connectivity index (χ0) is 20.1. The number of benzene rings is 3. The van der Waals surface area contributed by atoms with Crippen molar-refractivity contribution in [2.45, 2.75) is 26.0 Å². The standard InChI is InChI=1S/C23H25NO4/c1-15(18-10-12-21(26-3)22(14-18)27-4)24-23(25)16(2)28-20-11-9-17-7-5-6-8-19(17)13-20/h5-16H,1-4H3,(H,24,25). The van der Waals surface area contributed by atoms with Crippen LogP contribution in [0.5, 0.6) is 17.2 Å². The lowest BCUT2D eigenvalue weighted by Crippen LogP contribution is -2.37. The zero-order valence-corrected chi connectivity index (χ0v) is 16.6. The molecule has 1 N–H and O–H groups in total. The number of methoxy groups -OCH3 is 2. The molecule has 0 spiro atoms. The van der Waals surface area contributed by atoms with Crippen LogP contribution in [0.2, 0.25) is 0 Å². The molecule has 0 heterocycles. The Bertz CT molecular complexity index is 970. The molecule has 0 fully saturated rings. The van der Waals surface area contributed by atoms with Crippen molar-refractivity contribution in [1.82, 2.24) is 5.32 Å². The maximum Gasteiger partial charge on any atom is 0.261 e. The van der Waals surface area contributed by atoms with Gasteiger partial charge in [-0.25, -0.2) is 0 Å². The summed E-state index contributed by atoms with van der Waals surface area (Å²) in [6.07, 6.45) is -0.622. The first kappa shape index (κ1) is 19.5. The predicted molar refractivity (Wildman–Crippen MR) is 110 cm³/mol. The average Bonchev–Trinajstić information content (AvgIpc) is 2.72. The van der Waals surface area contributed by atoms with Crippen molar-refractivity contribution < 1.29 is 19.0 Å². The molecule has 2 unspecified atom stereocenters. The summed E-state index contributed by atoms with van der Waals surface area (Å²) in [6.45, 7) is 3.66. The fourth-order valence-corrected chi connectivity index (χ4v) is 3.03. The Hall–Kier alpha value is -3.21. The molecule has 3 rings (SSSR count). The van der Waals surface area contributed by atoms with E-state index >= 15 is 0 Å². The molecule has 2 atom stereocenters. The van der Waals surface area contributed by atoms with Crippen LogP contribution in [0.1, 0.15) is 25.5 Å². The Balaban J connectivity index is 1.65. The number of nitrogens with one attached hydrogen (secondary N) is 1. The minimum absolute atomic E-state index is 0.185. The lowest BCUT2D eigenvalue weighted by molar-refractivity contribution is -0.127. The van der Waals surface area contributed by atoms with Gasteiger partial charge < -0.3 is 19.5 Å². The summed E-state index contributed by atoms with van der Waals surface area (Å²) in [6, 6.07) is 19.2. The molecule has 5 nitrogen and oxygen atoms in total. The Morgan fingerprint density at radius 2 is 1.57 bits per heavy atom. The number of hydrogen-bond donors (Lipinski definition) is 1. The maximum atomic E-state index is 12.6. The van der Waals surface area contributed by atoms with E-state index in [2.05, 4.69) is 5.32 Å². The van der Waals surface area contributed by atoms with E-state index in [1.165, 1.54) is 0 Å². The Labute approximate surface area is 165 Å². The van der Waals surface area contributed by atoms with E-state index < -0.39 is 6.10 Å². The first-order valence-electron chi connectivity index (χ1n) is 9.19. The molecule has 0 aliphatic heterocycles. The molecule has 3 aromatic carbocycles. The highest BCUT2D eigenvalue weighted by molar-refractivity contribution is 5.84. The van der Waals surface area contributed by atoms with Gasteiger partial charge >= 0.3 is 0 Å². The summed E-state index contributed by atoms with van der Waals surface area (Å²) >= 11 is 0. The van der Waals surface area contributed by atoms with E-state index in [0.717, 1.165) is 16.3 Å². The minimum atomic E-state index is -0.622. The largest absolute Gasteiger partial charge is 0.493 e. The number of hydrogen-bond acceptors (Lipinski definition) is 4. The van der Waals surface area contributed by atoms with Crippen LogP contribution >= 0.6 is 0 Å². The smallest absolute Gasteiger partial charge is 0.261 e. The molecular formula is C23H25NO4. The fourth-order valence-electron chi connectivity index (χ4n) is 3.03. The van der Waals surface area contributed by atoms with Gasteiger partial charge in [0.15, 0.2) is 17.6 Å². The molecule has 28 heavy (non-hydrogen) atoms. The molecule has 0 saturated heterocycles. The highest BCUT2D eigenvalue weighted by atomic mass is 16.5. The molecule has 1 amide bonds. The average molecular weight is 379 g/mol. The van der Waals surface area contributed by atoms with Crippen LogP contribution in [0.4, 0.5) is 0 Å². The SMILES string of the molecule is COc1ccc(C(C)NC(=O)C(C)Oc2ccc3ccccc3c2)cc1OC. The van der Waals surface area contributed by atoms with Gasteiger partial charge in [-0.15, -0.1) is 0 Å². The quantitative estimate of drug-likeness (QED) is 0.657.